The highest BCUT2D eigenvalue weighted by molar-refractivity contribution is 5.71. The molecule has 6 heteroatoms. The van der Waals surface area contributed by atoms with Crippen LogP contribution < -0.4 is 0 Å². The normalized spacial score (nSPS) is 12.9. The van der Waals surface area contributed by atoms with Gasteiger partial charge >= 0.3 is 17.9 Å². The lowest BCUT2D eigenvalue weighted by Gasteiger charge is -2.18. The molecule has 0 aromatic rings. The van der Waals surface area contributed by atoms with Gasteiger partial charge in [0, 0.05) is 19.3 Å². The predicted molar refractivity (Wildman–Crippen MR) is 334 cm³/mol. The lowest BCUT2D eigenvalue weighted by atomic mass is 10.0. The molecular weight excluding hydrogens is 949 g/mol. The van der Waals surface area contributed by atoms with E-state index in [9.17, 15) is 14.4 Å². The van der Waals surface area contributed by atoms with Gasteiger partial charge in [-0.25, -0.2) is 0 Å². The van der Waals surface area contributed by atoms with Crippen LogP contribution in [0.5, 0.6) is 0 Å². The SMILES string of the molecule is CC/C=C\C/C=C\C/C=C\C/C=C\C/C=C\C/C=C\C/C=C\CCCCCCCC(=O)OCC(COC(=O)CCCCCCC)OC(=O)CCCCCCCCCCCCCC/C=C\C/C=C\C/C=C\CCCCCCC. The first-order valence-corrected chi connectivity index (χ1v) is 32.0. The van der Waals surface area contributed by atoms with Crippen molar-refractivity contribution in [3.63, 3.8) is 0 Å². The predicted octanol–water partition coefficient (Wildman–Crippen LogP) is 22.0. The van der Waals surface area contributed by atoms with Gasteiger partial charge in [-0.3, -0.25) is 14.4 Å². The van der Waals surface area contributed by atoms with Crippen molar-refractivity contribution >= 4 is 17.9 Å². The summed E-state index contributed by atoms with van der Waals surface area (Å²) < 4.78 is 16.8. The number of carbonyl (C=O) groups is 3. The van der Waals surface area contributed by atoms with Crippen LogP contribution in [-0.4, -0.2) is 37.2 Å². The zero-order chi connectivity index (χ0) is 55.7. The van der Waals surface area contributed by atoms with E-state index >= 15 is 0 Å². The highest BCUT2D eigenvalue weighted by Gasteiger charge is 2.19. The van der Waals surface area contributed by atoms with Gasteiger partial charge in [-0.2, -0.15) is 0 Å². The molecule has 6 nitrogen and oxygen atoms in total. The van der Waals surface area contributed by atoms with E-state index < -0.39 is 6.10 Å². The molecule has 0 bridgehead atoms. The molecule has 0 spiro atoms. The third-order valence-electron chi connectivity index (χ3n) is 13.5. The van der Waals surface area contributed by atoms with E-state index in [1.165, 1.54) is 109 Å². The van der Waals surface area contributed by atoms with Crippen LogP contribution in [0.1, 0.15) is 290 Å². The first-order chi connectivity index (χ1) is 38.0. The molecule has 1 atom stereocenters. The van der Waals surface area contributed by atoms with E-state index in [4.69, 9.17) is 14.2 Å². The first-order valence-electron chi connectivity index (χ1n) is 32.0. The second-order valence-corrected chi connectivity index (χ2v) is 20.9. The van der Waals surface area contributed by atoms with Crippen molar-refractivity contribution < 1.29 is 28.6 Å². The van der Waals surface area contributed by atoms with Crippen LogP contribution in [0.4, 0.5) is 0 Å². The van der Waals surface area contributed by atoms with E-state index in [-0.39, 0.29) is 31.1 Å². The van der Waals surface area contributed by atoms with E-state index in [1.54, 1.807) is 0 Å². The second-order valence-electron chi connectivity index (χ2n) is 20.9. The fourth-order valence-corrected chi connectivity index (χ4v) is 8.67. The van der Waals surface area contributed by atoms with Crippen molar-refractivity contribution in [1.82, 2.24) is 0 Å². The van der Waals surface area contributed by atoms with Gasteiger partial charge in [0.2, 0.25) is 0 Å². The van der Waals surface area contributed by atoms with Crippen LogP contribution in [0.25, 0.3) is 0 Å². The minimum atomic E-state index is -0.787. The van der Waals surface area contributed by atoms with Crippen LogP contribution in [0.15, 0.2) is 122 Å². The number of hydrogen-bond acceptors (Lipinski definition) is 6. The zero-order valence-corrected chi connectivity index (χ0v) is 50.2. The Balaban J connectivity index is 4.12. The van der Waals surface area contributed by atoms with E-state index in [0.717, 1.165) is 141 Å². The summed E-state index contributed by atoms with van der Waals surface area (Å²) in [5, 5.41) is 0. The number of carbonyl (C=O) groups excluding carboxylic acids is 3. The number of hydrogen-bond donors (Lipinski definition) is 0. The fraction of sp³-hybridized carbons (Fsp3) is 0.676. The molecule has 0 aliphatic rings. The van der Waals surface area contributed by atoms with E-state index in [2.05, 4.69) is 142 Å². The number of esters is 3. The molecule has 0 amide bonds. The highest BCUT2D eigenvalue weighted by atomic mass is 16.6. The Morgan fingerprint density at radius 1 is 0.273 bits per heavy atom. The monoisotopic (exact) mass is 1070 g/mol. The summed E-state index contributed by atoms with van der Waals surface area (Å²) >= 11 is 0. The van der Waals surface area contributed by atoms with E-state index in [0.29, 0.717) is 19.3 Å². The maximum atomic E-state index is 12.8. The van der Waals surface area contributed by atoms with Gasteiger partial charge in [0.1, 0.15) is 13.2 Å². The van der Waals surface area contributed by atoms with Gasteiger partial charge in [-0.15, -0.1) is 0 Å². The Morgan fingerprint density at radius 3 is 0.792 bits per heavy atom. The molecule has 0 rings (SSSR count). The molecule has 0 saturated carbocycles. The van der Waals surface area contributed by atoms with Gasteiger partial charge in [-0.05, 0) is 116 Å². The van der Waals surface area contributed by atoms with Gasteiger partial charge in [0.05, 0.1) is 0 Å². The van der Waals surface area contributed by atoms with Gasteiger partial charge in [0.25, 0.3) is 0 Å². The summed E-state index contributed by atoms with van der Waals surface area (Å²) in [5.41, 5.74) is 0. The fourth-order valence-electron chi connectivity index (χ4n) is 8.67. The van der Waals surface area contributed by atoms with Gasteiger partial charge < -0.3 is 14.2 Å². The molecule has 0 radical (unpaired) electrons. The average molecular weight is 1070 g/mol. The Labute approximate surface area is 475 Å². The second kappa shape index (κ2) is 64.3. The standard InChI is InChI=1S/C71H118O6/c1-4-7-10-13-15-17-19-21-23-25-27-29-31-33-35-37-39-41-43-45-47-49-51-53-55-58-61-64-70(73)76-67-68(66-75-69(72)63-60-57-12-9-6-3)77-71(74)65-62-59-56-54-52-50-48-46-44-42-40-38-36-34-32-30-28-26-24-22-20-18-16-14-11-8-5-2/h7,10,15,17,20-23,26-29,32-35,39,41,45,47,68H,4-6,8-9,11-14,16,18-19,24-25,30-31,36-38,40,42-44,46,48-67H2,1-3H3/b10-7-,17-15-,22-20-,23-21-,28-26-,29-27-,34-32-,35-33-,41-39-,47-45-. The smallest absolute Gasteiger partial charge is 0.306 e. The van der Waals surface area contributed by atoms with E-state index in [1.807, 2.05) is 0 Å². The van der Waals surface area contributed by atoms with Crippen molar-refractivity contribution in [3.05, 3.63) is 122 Å². The largest absolute Gasteiger partial charge is 0.462 e. The summed E-state index contributed by atoms with van der Waals surface area (Å²) in [7, 11) is 0. The third kappa shape index (κ3) is 62.5. The molecule has 1 unspecified atom stereocenters. The highest BCUT2D eigenvalue weighted by Crippen LogP contribution is 2.15. The molecule has 0 aromatic heterocycles. The minimum absolute atomic E-state index is 0.0873. The Bertz CT molecular complexity index is 1600. The molecule has 0 N–H and O–H groups in total. The van der Waals surface area contributed by atoms with Gasteiger partial charge in [-0.1, -0.05) is 277 Å². The third-order valence-corrected chi connectivity index (χ3v) is 13.5. The number of rotatable bonds is 57. The molecule has 0 saturated heterocycles. The molecule has 77 heavy (non-hydrogen) atoms. The topological polar surface area (TPSA) is 78.9 Å². The quantitative estimate of drug-likeness (QED) is 0.0261. The average Bonchev–Trinajstić information content (AvgIpc) is 3.43. The summed E-state index contributed by atoms with van der Waals surface area (Å²) in [6.07, 6.45) is 89.6. The Kier molecular flexibility index (Phi) is 60.8. The zero-order valence-electron chi connectivity index (χ0n) is 50.2. The summed E-state index contributed by atoms with van der Waals surface area (Å²) in [5.74, 6) is -0.921. The van der Waals surface area contributed by atoms with Crippen molar-refractivity contribution in [2.45, 2.75) is 297 Å². The van der Waals surface area contributed by atoms with Crippen LogP contribution in [0.2, 0.25) is 0 Å². The first kappa shape index (κ1) is 72.8. The molecule has 0 heterocycles. The van der Waals surface area contributed by atoms with Crippen LogP contribution in [0, 0.1) is 0 Å². The number of ether oxygens (including phenoxy) is 3. The maximum absolute atomic E-state index is 12.8. The van der Waals surface area contributed by atoms with Crippen LogP contribution in [0.3, 0.4) is 0 Å². The lowest BCUT2D eigenvalue weighted by Crippen LogP contribution is -2.30. The number of allylic oxidation sites excluding steroid dienone is 20. The molecule has 0 aromatic carbocycles. The summed E-state index contributed by atoms with van der Waals surface area (Å²) in [6, 6.07) is 0. The van der Waals surface area contributed by atoms with Crippen molar-refractivity contribution in [2.75, 3.05) is 13.2 Å². The Hall–Kier alpha value is -4.19. The molecule has 0 aliphatic heterocycles. The van der Waals surface area contributed by atoms with Crippen molar-refractivity contribution in [1.29, 1.82) is 0 Å². The molecule has 0 fully saturated rings. The van der Waals surface area contributed by atoms with Gasteiger partial charge in [0.15, 0.2) is 6.10 Å². The Morgan fingerprint density at radius 2 is 0.506 bits per heavy atom. The minimum Gasteiger partial charge on any atom is -0.462 e. The number of unbranched alkanes of at least 4 members (excludes halogenated alkanes) is 26. The van der Waals surface area contributed by atoms with Crippen LogP contribution in [-0.2, 0) is 28.6 Å². The molecule has 438 valence electrons. The van der Waals surface area contributed by atoms with Crippen molar-refractivity contribution in [3.8, 4) is 0 Å². The van der Waals surface area contributed by atoms with Crippen LogP contribution >= 0.6 is 0 Å². The molecular formula is C71H118O6. The summed E-state index contributed by atoms with van der Waals surface area (Å²) in [4.78, 5) is 37.9. The lowest BCUT2D eigenvalue weighted by molar-refractivity contribution is -0.167. The maximum Gasteiger partial charge on any atom is 0.306 e. The van der Waals surface area contributed by atoms with Crippen molar-refractivity contribution in [2.24, 2.45) is 0 Å². The summed E-state index contributed by atoms with van der Waals surface area (Å²) in [6.45, 7) is 6.42. The molecule has 0 aliphatic carbocycles.